The topological polar surface area (TPSA) is 130 Å². The molecule has 2 aromatic carbocycles. The maximum absolute atomic E-state index is 11.5. The minimum absolute atomic E-state index is 0.0720. The lowest BCUT2D eigenvalue weighted by Gasteiger charge is -2.12. The van der Waals surface area contributed by atoms with E-state index in [1.165, 1.54) is 36.4 Å². The summed E-state index contributed by atoms with van der Waals surface area (Å²) in [4.78, 5) is 0.144. The fourth-order valence-electron chi connectivity index (χ4n) is 1.82. The van der Waals surface area contributed by atoms with Crippen molar-refractivity contribution < 1.29 is 21.6 Å². The first-order chi connectivity index (χ1) is 10.5. The van der Waals surface area contributed by atoms with Gasteiger partial charge in [0.2, 0.25) is 0 Å². The second kappa shape index (κ2) is 5.74. The second-order valence-corrected chi connectivity index (χ2v) is 9.08. The van der Waals surface area contributed by atoms with E-state index in [1.807, 2.05) is 0 Å². The van der Waals surface area contributed by atoms with Crippen molar-refractivity contribution in [2.75, 3.05) is 24.0 Å². The summed E-state index contributed by atoms with van der Waals surface area (Å²) >= 11 is 0. The van der Waals surface area contributed by atoms with Gasteiger partial charge in [-0.15, -0.1) is 0 Å². The van der Waals surface area contributed by atoms with E-state index >= 15 is 0 Å². The van der Waals surface area contributed by atoms with Crippen molar-refractivity contribution in [3.8, 4) is 11.5 Å². The maximum atomic E-state index is 11.5. The minimum Gasteiger partial charge on any atom is -0.453 e. The van der Waals surface area contributed by atoms with Crippen LogP contribution in [0.1, 0.15) is 0 Å². The van der Waals surface area contributed by atoms with Gasteiger partial charge in [0.25, 0.3) is 0 Å². The smallest absolute Gasteiger partial charge is 0.175 e. The van der Waals surface area contributed by atoms with Crippen LogP contribution in [0.15, 0.2) is 46.2 Å². The lowest BCUT2D eigenvalue weighted by atomic mass is 10.2. The number of rotatable bonds is 4. The highest BCUT2D eigenvalue weighted by Gasteiger charge is 2.13. The molecule has 0 heterocycles. The van der Waals surface area contributed by atoms with Gasteiger partial charge >= 0.3 is 0 Å². The van der Waals surface area contributed by atoms with Gasteiger partial charge in [0.1, 0.15) is 0 Å². The van der Waals surface area contributed by atoms with Gasteiger partial charge in [-0.2, -0.15) is 0 Å². The van der Waals surface area contributed by atoms with E-state index in [1.54, 1.807) is 0 Å². The summed E-state index contributed by atoms with van der Waals surface area (Å²) in [5, 5.41) is 0. The molecule has 2 aromatic rings. The van der Waals surface area contributed by atoms with Crippen molar-refractivity contribution >= 4 is 31.0 Å². The van der Waals surface area contributed by atoms with Gasteiger partial charge in [0.05, 0.1) is 21.2 Å². The summed E-state index contributed by atoms with van der Waals surface area (Å²) in [7, 11) is -6.74. The van der Waals surface area contributed by atoms with E-state index in [0.29, 0.717) is 0 Å². The Morgan fingerprint density at radius 3 is 1.35 bits per heavy atom. The van der Waals surface area contributed by atoms with Crippen LogP contribution >= 0.6 is 0 Å². The highest BCUT2D eigenvalue weighted by Crippen LogP contribution is 2.33. The van der Waals surface area contributed by atoms with Gasteiger partial charge in [-0.3, -0.25) is 0 Å². The van der Waals surface area contributed by atoms with Crippen LogP contribution in [0.25, 0.3) is 0 Å². The van der Waals surface area contributed by atoms with Crippen LogP contribution < -0.4 is 16.2 Å². The van der Waals surface area contributed by atoms with Gasteiger partial charge in [-0.1, -0.05) is 0 Å². The molecule has 23 heavy (non-hydrogen) atoms. The normalized spacial score (nSPS) is 12.1. The van der Waals surface area contributed by atoms with Gasteiger partial charge in [-0.05, 0) is 36.4 Å². The quantitative estimate of drug-likeness (QED) is 0.793. The zero-order valence-electron chi connectivity index (χ0n) is 12.5. The molecule has 0 aliphatic heterocycles. The lowest BCUT2D eigenvalue weighted by molar-refractivity contribution is 0.486. The summed E-state index contributed by atoms with van der Waals surface area (Å²) in [6.07, 6.45) is 2.15. The van der Waals surface area contributed by atoms with Crippen molar-refractivity contribution in [3.05, 3.63) is 36.4 Å². The zero-order valence-corrected chi connectivity index (χ0v) is 14.1. The molecule has 0 atom stereocenters. The Kier molecular flexibility index (Phi) is 4.27. The van der Waals surface area contributed by atoms with E-state index in [0.717, 1.165) is 12.5 Å². The van der Waals surface area contributed by atoms with E-state index in [9.17, 15) is 16.8 Å². The Bertz CT molecular complexity index is 887. The average Bonchev–Trinajstić information content (AvgIpc) is 2.40. The van der Waals surface area contributed by atoms with Gasteiger partial charge in [0, 0.05) is 12.5 Å². The van der Waals surface area contributed by atoms with Crippen LogP contribution in [0.5, 0.6) is 11.5 Å². The number of nitrogen functional groups attached to an aromatic ring is 2. The Hall–Kier alpha value is -2.26. The largest absolute Gasteiger partial charge is 0.453 e. The van der Waals surface area contributed by atoms with Crippen LogP contribution in [-0.2, 0) is 19.7 Å². The number of nitrogens with two attached hydrogens (primary N) is 2. The molecule has 9 heteroatoms. The number of sulfone groups is 2. The molecule has 0 unspecified atom stereocenters. The van der Waals surface area contributed by atoms with E-state index in [-0.39, 0.29) is 32.7 Å². The molecule has 0 saturated heterocycles. The van der Waals surface area contributed by atoms with Crippen LogP contribution in [0.3, 0.4) is 0 Å². The predicted molar refractivity (Wildman–Crippen MR) is 88.0 cm³/mol. The first kappa shape index (κ1) is 17.1. The summed E-state index contributed by atoms with van der Waals surface area (Å²) in [6.45, 7) is 0. The first-order valence-electron chi connectivity index (χ1n) is 6.35. The molecule has 0 fully saturated rings. The van der Waals surface area contributed by atoms with Crippen molar-refractivity contribution in [1.29, 1.82) is 0 Å². The maximum Gasteiger partial charge on any atom is 0.175 e. The fraction of sp³-hybridized carbons (Fsp3) is 0.143. The van der Waals surface area contributed by atoms with Crippen LogP contribution in [0.4, 0.5) is 11.4 Å². The van der Waals surface area contributed by atoms with Gasteiger partial charge in [-0.25, -0.2) is 16.8 Å². The molecule has 0 saturated carbocycles. The predicted octanol–water partition coefficient (Wildman–Crippen LogP) is 1.45. The van der Waals surface area contributed by atoms with E-state index < -0.39 is 19.7 Å². The molecule has 0 aromatic heterocycles. The van der Waals surface area contributed by atoms with Crippen LogP contribution in [-0.4, -0.2) is 29.3 Å². The molecule has 0 aliphatic rings. The SMILES string of the molecule is CS(=O)(=O)c1ccc(Oc2ccc(S(C)(=O)=O)cc2N)c(N)c1. The molecule has 124 valence electrons. The minimum atomic E-state index is -3.37. The number of hydrogen-bond donors (Lipinski definition) is 2. The lowest BCUT2D eigenvalue weighted by Crippen LogP contribution is -2.02. The summed E-state index contributed by atoms with van der Waals surface area (Å²) < 4.78 is 51.4. The highest BCUT2D eigenvalue weighted by atomic mass is 32.2. The fourth-order valence-corrected chi connectivity index (χ4v) is 3.13. The van der Waals surface area contributed by atoms with Crippen molar-refractivity contribution in [1.82, 2.24) is 0 Å². The molecule has 0 spiro atoms. The highest BCUT2D eigenvalue weighted by molar-refractivity contribution is 7.91. The Balaban J connectivity index is 2.37. The molecule has 2 rings (SSSR count). The average molecular weight is 356 g/mol. The van der Waals surface area contributed by atoms with Crippen molar-refractivity contribution in [3.63, 3.8) is 0 Å². The van der Waals surface area contributed by atoms with Crippen molar-refractivity contribution in [2.45, 2.75) is 9.79 Å². The van der Waals surface area contributed by atoms with Gasteiger partial charge < -0.3 is 16.2 Å². The summed E-state index contributed by atoms with van der Waals surface area (Å²) in [5.74, 6) is 0.437. The molecule has 0 bridgehead atoms. The van der Waals surface area contributed by atoms with Gasteiger partial charge in [0.15, 0.2) is 31.2 Å². The Morgan fingerprint density at radius 1 is 0.739 bits per heavy atom. The summed E-state index contributed by atoms with van der Waals surface area (Å²) in [6, 6.07) is 8.12. The van der Waals surface area contributed by atoms with Crippen molar-refractivity contribution in [2.24, 2.45) is 0 Å². The van der Waals surface area contributed by atoms with Crippen LogP contribution in [0, 0.1) is 0 Å². The second-order valence-electron chi connectivity index (χ2n) is 5.05. The zero-order chi connectivity index (χ0) is 17.4. The molecular formula is C14H16N2O5S2. The van der Waals surface area contributed by atoms with Crippen LogP contribution in [0.2, 0.25) is 0 Å². The number of ether oxygens (including phenoxy) is 1. The first-order valence-corrected chi connectivity index (χ1v) is 10.1. The number of benzene rings is 2. The third-order valence-electron chi connectivity index (χ3n) is 3.04. The Morgan fingerprint density at radius 2 is 1.09 bits per heavy atom. The molecule has 0 radical (unpaired) electrons. The third kappa shape index (κ3) is 3.93. The molecule has 0 aliphatic carbocycles. The van der Waals surface area contributed by atoms with E-state index in [2.05, 4.69) is 0 Å². The molecule has 7 nitrogen and oxygen atoms in total. The monoisotopic (exact) mass is 356 g/mol. The summed E-state index contributed by atoms with van der Waals surface area (Å²) in [5.41, 5.74) is 11.8. The standard InChI is InChI=1S/C14H16N2O5S2/c1-22(17,18)9-3-5-13(11(15)7-9)21-14-6-4-10(8-12(14)16)23(2,19)20/h3-8H,15-16H2,1-2H3. The Labute approximate surface area is 134 Å². The number of hydrogen-bond acceptors (Lipinski definition) is 7. The third-order valence-corrected chi connectivity index (χ3v) is 5.26. The molecule has 0 amide bonds. The van der Waals surface area contributed by atoms with E-state index in [4.69, 9.17) is 16.2 Å². The number of anilines is 2. The molecular weight excluding hydrogens is 340 g/mol. The molecule has 4 N–H and O–H groups in total.